The molecule has 0 amide bonds. The maximum atomic E-state index is 2.67. The first-order valence-corrected chi connectivity index (χ1v) is 7.02. The van der Waals surface area contributed by atoms with E-state index >= 15 is 0 Å². The van der Waals surface area contributed by atoms with Gasteiger partial charge >= 0.3 is 0 Å². The van der Waals surface area contributed by atoms with Gasteiger partial charge in [0, 0.05) is 19.6 Å². The molecule has 17 heavy (non-hydrogen) atoms. The van der Waals surface area contributed by atoms with Crippen LogP contribution in [0.25, 0.3) is 0 Å². The SMILES string of the molecule is CN1CCC2(CCN(CC3=CCCC=C3)C2)C1. The summed E-state index contributed by atoms with van der Waals surface area (Å²) < 4.78 is 0. The van der Waals surface area contributed by atoms with E-state index in [9.17, 15) is 0 Å². The summed E-state index contributed by atoms with van der Waals surface area (Å²) in [5.41, 5.74) is 2.17. The van der Waals surface area contributed by atoms with Gasteiger partial charge in [0.1, 0.15) is 0 Å². The summed E-state index contributed by atoms with van der Waals surface area (Å²) in [4.78, 5) is 5.17. The van der Waals surface area contributed by atoms with Crippen molar-refractivity contribution in [3.8, 4) is 0 Å². The Labute approximate surface area is 105 Å². The van der Waals surface area contributed by atoms with E-state index in [-0.39, 0.29) is 0 Å². The van der Waals surface area contributed by atoms with E-state index in [1.165, 1.54) is 58.4 Å². The average Bonchev–Trinajstić information content (AvgIpc) is 2.88. The number of rotatable bonds is 2. The normalized spacial score (nSPS) is 34.8. The molecule has 3 rings (SSSR count). The fraction of sp³-hybridized carbons (Fsp3) is 0.733. The van der Waals surface area contributed by atoms with Crippen molar-refractivity contribution in [2.24, 2.45) is 5.41 Å². The van der Waals surface area contributed by atoms with E-state index in [0.717, 1.165) is 0 Å². The smallest absolute Gasteiger partial charge is 0.0230 e. The topological polar surface area (TPSA) is 6.48 Å². The molecule has 3 aliphatic rings. The predicted octanol–water partition coefficient (Wildman–Crippen LogP) is 2.29. The third kappa shape index (κ3) is 2.48. The van der Waals surface area contributed by atoms with Gasteiger partial charge in [-0.3, -0.25) is 4.90 Å². The zero-order valence-electron chi connectivity index (χ0n) is 11.0. The van der Waals surface area contributed by atoms with E-state index in [0.29, 0.717) is 5.41 Å². The van der Waals surface area contributed by atoms with E-state index in [2.05, 4.69) is 35.1 Å². The lowest BCUT2D eigenvalue weighted by Crippen LogP contribution is -2.30. The third-order valence-corrected chi connectivity index (χ3v) is 4.62. The Morgan fingerprint density at radius 3 is 2.76 bits per heavy atom. The van der Waals surface area contributed by atoms with Crippen LogP contribution in [0.4, 0.5) is 0 Å². The number of allylic oxidation sites excluding steroid dienone is 2. The summed E-state index contributed by atoms with van der Waals surface area (Å²) in [7, 11) is 2.27. The first kappa shape index (κ1) is 11.5. The van der Waals surface area contributed by atoms with Crippen molar-refractivity contribution >= 4 is 0 Å². The number of hydrogen-bond donors (Lipinski definition) is 0. The van der Waals surface area contributed by atoms with Crippen molar-refractivity contribution in [1.29, 1.82) is 0 Å². The van der Waals surface area contributed by atoms with E-state index in [4.69, 9.17) is 0 Å². The fourth-order valence-corrected chi connectivity index (χ4v) is 3.70. The van der Waals surface area contributed by atoms with Gasteiger partial charge in [-0.1, -0.05) is 18.2 Å². The van der Waals surface area contributed by atoms with E-state index in [1.807, 2.05) is 0 Å². The molecule has 94 valence electrons. The largest absolute Gasteiger partial charge is 0.306 e. The van der Waals surface area contributed by atoms with Crippen LogP contribution in [0.15, 0.2) is 23.8 Å². The molecule has 2 aliphatic heterocycles. The zero-order chi connectivity index (χ0) is 11.7. The Bertz CT molecular complexity index is 345. The first-order chi connectivity index (χ1) is 8.26. The number of hydrogen-bond acceptors (Lipinski definition) is 2. The lowest BCUT2D eigenvalue weighted by atomic mass is 9.86. The Balaban J connectivity index is 1.57. The van der Waals surface area contributed by atoms with Crippen molar-refractivity contribution < 1.29 is 0 Å². The lowest BCUT2D eigenvalue weighted by Gasteiger charge is -2.24. The Kier molecular flexibility index (Phi) is 3.10. The number of likely N-dealkylation sites (tertiary alicyclic amines) is 2. The molecule has 1 spiro atoms. The molecule has 2 nitrogen and oxygen atoms in total. The van der Waals surface area contributed by atoms with Crippen LogP contribution in [0.3, 0.4) is 0 Å². The summed E-state index contributed by atoms with van der Waals surface area (Å²) in [5, 5.41) is 0. The van der Waals surface area contributed by atoms with Crippen molar-refractivity contribution in [1.82, 2.24) is 9.80 Å². The molecule has 2 fully saturated rings. The Morgan fingerprint density at radius 2 is 2.06 bits per heavy atom. The van der Waals surface area contributed by atoms with Crippen LogP contribution in [-0.2, 0) is 0 Å². The zero-order valence-corrected chi connectivity index (χ0v) is 11.0. The first-order valence-electron chi connectivity index (χ1n) is 7.02. The summed E-state index contributed by atoms with van der Waals surface area (Å²) in [6.45, 7) is 6.43. The van der Waals surface area contributed by atoms with Crippen LogP contribution in [0.1, 0.15) is 25.7 Å². The van der Waals surface area contributed by atoms with Gasteiger partial charge in [-0.25, -0.2) is 0 Å². The maximum absolute atomic E-state index is 2.67. The van der Waals surface area contributed by atoms with Crippen LogP contribution in [-0.4, -0.2) is 49.6 Å². The van der Waals surface area contributed by atoms with Crippen molar-refractivity contribution in [3.63, 3.8) is 0 Å². The molecule has 1 unspecified atom stereocenters. The highest BCUT2D eigenvalue weighted by Crippen LogP contribution is 2.39. The van der Waals surface area contributed by atoms with Gasteiger partial charge in [-0.2, -0.15) is 0 Å². The summed E-state index contributed by atoms with van der Waals surface area (Å²) >= 11 is 0. The minimum atomic E-state index is 0.633. The molecule has 1 aliphatic carbocycles. The second-order valence-electron chi connectivity index (χ2n) is 6.21. The van der Waals surface area contributed by atoms with Crippen LogP contribution in [0.5, 0.6) is 0 Å². The molecule has 2 saturated heterocycles. The van der Waals surface area contributed by atoms with Gasteiger partial charge in [0.15, 0.2) is 0 Å². The van der Waals surface area contributed by atoms with Crippen molar-refractivity contribution in [3.05, 3.63) is 23.8 Å². The molecule has 0 N–H and O–H groups in total. The minimum Gasteiger partial charge on any atom is -0.306 e. The monoisotopic (exact) mass is 232 g/mol. The highest BCUT2D eigenvalue weighted by atomic mass is 15.2. The van der Waals surface area contributed by atoms with Gasteiger partial charge < -0.3 is 4.90 Å². The highest BCUT2D eigenvalue weighted by molar-refractivity contribution is 5.24. The molecule has 0 aromatic carbocycles. The maximum Gasteiger partial charge on any atom is 0.0230 e. The standard InChI is InChI=1S/C15H24N2/c1-16-9-7-15(12-16)8-10-17(13-15)11-14-5-3-2-4-6-14/h3,5-6H,2,4,7-13H2,1H3. The highest BCUT2D eigenvalue weighted by Gasteiger charge is 2.42. The minimum absolute atomic E-state index is 0.633. The van der Waals surface area contributed by atoms with E-state index in [1.54, 1.807) is 5.57 Å². The molecule has 0 saturated carbocycles. The van der Waals surface area contributed by atoms with Crippen LogP contribution in [0, 0.1) is 5.41 Å². The molecule has 2 heteroatoms. The molecule has 1 atom stereocenters. The van der Waals surface area contributed by atoms with Gasteiger partial charge in [-0.05, 0) is 56.8 Å². The van der Waals surface area contributed by atoms with Gasteiger partial charge in [-0.15, -0.1) is 0 Å². The summed E-state index contributed by atoms with van der Waals surface area (Å²) in [6.07, 6.45) is 12.4. The second-order valence-corrected chi connectivity index (χ2v) is 6.21. The van der Waals surface area contributed by atoms with Crippen LogP contribution >= 0.6 is 0 Å². The fourth-order valence-electron chi connectivity index (χ4n) is 3.70. The van der Waals surface area contributed by atoms with Crippen molar-refractivity contribution in [2.45, 2.75) is 25.7 Å². The molecular weight excluding hydrogens is 208 g/mol. The molecule has 0 aromatic rings. The van der Waals surface area contributed by atoms with Gasteiger partial charge in [0.2, 0.25) is 0 Å². The quantitative estimate of drug-likeness (QED) is 0.721. The molecule has 2 heterocycles. The second kappa shape index (κ2) is 4.58. The van der Waals surface area contributed by atoms with Gasteiger partial charge in [0.05, 0.1) is 0 Å². The van der Waals surface area contributed by atoms with Crippen LogP contribution < -0.4 is 0 Å². The lowest BCUT2D eigenvalue weighted by molar-refractivity contribution is 0.265. The summed E-state index contributed by atoms with van der Waals surface area (Å²) in [5.74, 6) is 0. The molecule has 0 aromatic heterocycles. The van der Waals surface area contributed by atoms with Crippen molar-refractivity contribution in [2.75, 3.05) is 39.8 Å². The number of nitrogens with zero attached hydrogens (tertiary/aromatic N) is 2. The molecular formula is C15H24N2. The summed E-state index contributed by atoms with van der Waals surface area (Å²) in [6, 6.07) is 0. The predicted molar refractivity (Wildman–Crippen MR) is 72.1 cm³/mol. The Hall–Kier alpha value is -0.600. The Morgan fingerprint density at radius 1 is 1.18 bits per heavy atom. The molecule has 0 radical (unpaired) electrons. The third-order valence-electron chi connectivity index (χ3n) is 4.62. The van der Waals surface area contributed by atoms with Gasteiger partial charge in [0.25, 0.3) is 0 Å². The average molecular weight is 232 g/mol. The van der Waals surface area contributed by atoms with Crippen LogP contribution in [0.2, 0.25) is 0 Å². The molecule has 0 bridgehead atoms. The van der Waals surface area contributed by atoms with E-state index < -0.39 is 0 Å².